The smallest absolute Gasteiger partial charge is 0.355 e. The molecule has 0 aliphatic rings. The third kappa shape index (κ3) is 5.55. The molecule has 0 unspecified atom stereocenters. The maximum atomic E-state index is 13.7. The van der Waals surface area contributed by atoms with E-state index in [0.29, 0.717) is 34.5 Å². The van der Waals surface area contributed by atoms with Crippen molar-refractivity contribution < 1.29 is 19.0 Å². The van der Waals surface area contributed by atoms with E-state index in [0.717, 1.165) is 26.5 Å². The van der Waals surface area contributed by atoms with Crippen molar-refractivity contribution in [2.75, 3.05) is 17.2 Å². The monoisotopic (exact) mass is 550 g/mol. The van der Waals surface area contributed by atoms with Crippen molar-refractivity contribution in [2.45, 2.75) is 26.7 Å². The van der Waals surface area contributed by atoms with Gasteiger partial charge < -0.3 is 20.5 Å². The van der Waals surface area contributed by atoms with Crippen molar-refractivity contribution in [3.05, 3.63) is 76.0 Å². The number of aryl methyl sites for hydroxylation is 1. The molecular weight excluding hydrogens is 527 g/mol. The number of nitrogens with one attached hydrogen (secondary N) is 2. The van der Waals surface area contributed by atoms with Crippen molar-refractivity contribution in [3.63, 3.8) is 0 Å². The molecule has 5 rings (SSSR count). The average molecular weight is 551 g/mol. The summed E-state index contributed by atoms with van der Waals surface area (Å²) in [6.45, 7) is 4.08. The summed E-state index contributed by atoms with van der Waals surface area (Å²) < 4.78 is 20.3. The Bertz CT molecular complexity index is 1590. The molecule has 0 amide bonds. The van der Waals surface area contributed by atoms with Crippen LogP contribution in [-0.2, 0) is 6.42 Å². The predicted molar refractivity (Wildman–Crippen MR) is 147 cm³/mol. The Balaban J connectivity index is 1.27. The van der Waals surface area contributed by atoms with Gasteiger partial charge in [0.25, 0.3) is 0 Å². The zero-order valence-electron chi connectivity index (χ0n) is 20.5. The summed E-state index contributed by atoms with van der Waals surface area (Å²) in [5.41, 5.74) is 2.60. The topological polar surface area (TPSA) is 122 Å². The van der Waals surface area contributed by atoms with E-state index in [4.69, 9.17) is 4.74 Å². The van der Waals surface area contributed by atoms with E-state index < -0.39 is 11.8 Å². The van der Waals surface area contributed by atoms with Gasteiger partial charge in [0.1, 0.15) is 0 Å². The minimum absolute atomic E-state index is 0.0279. The van der Waals surface area contributed by atoms with Crippen LogP contribution < -0.4 is 15.4 Å². The summed E-state index contributed by atoms with van der Waals surface area (Å²) in [5, 5.41) is 25.7. The molecule has 2 aromatic carbocycles. The van der Waals surface area contributed by atoms with Crippen LogP contribution in [0.15, 0.2) is 48.5 Å². The molecule has 0 fully saturated rings. The number of aromatic nitrogens is 4. The van der Waals surface area contributed by atoms with Crippen molar-refractivity contribution in [1.82, 2.24) is 20.2 Å². The molecule has 0 saturated heterocycles. The first-order valence-electron chi connectivity index (χ1n) is 11.7. The Labute approximate surface area is 225 Å². The third-order valence-electron chi connectivity index (χ3n) is 5.81. The third-order valence-corrected chi connectivity index (χ3v) is 7.79. The lowest BCUT2D eigenvalue weighted by molar-refractivity contribution is 0.0690. The zero-order valence-corrected chi connectivity index (χ0v) is 22.1. The summed E-state index contributed by atoms with van der Waals surface area (Å²) in [4.78, 5) is 21.2. The summed E-state index contributed by atoms with van der Waals surface area (Å²) in [6, 6.07) is 14.1. The van der Waals surface area contributed by atoms with Gasteiger partial charge in [-0.25, -0.2) is 19.2 Å². The second-order valence-corrected chi connectivity index (χ2v) is 10.5. The number of nitrogens with zero attached hydrogens (tertiary/aromatic N) is 4. The normalized spacial score (nSPS) is 11.0. The number of aromatic carboxylic acids is 1. The van der Waals surface area contributed by atoms with Gasteiger partial charge in [0.05, 0.1) is 16.8 Å². The number of anilines is 4. The Kier molecular flexibility index (Phi) is 7.43. The van der Waals surface area contributed by atoms with Crippen LogP contribution in [0.1, 0.15) is 32.9 Å². The minimum atomic E-state index is -1.12. The Hall–Kier alpha value is -4.16. The van der Waals surface area contributed by atoms with Crippen LogP contribution in [0.5, 0.6) is 5.75 Å². The highest BCUT2D eigenvalue weighted by molar-refractivity contribution is 7.22. The molecule has 9 nitrogen and oxygen atoms in total. The van der Waals surface area contributed by atoms with Gasteiger partial charge in [-0.05, 0) is 51.0 Å². The van der Waals surface area contributed by atoms with Gasteiger partial charge in [0.15, 0.2) is 39.2 Å². The fraction of sp³-hybridized carbons (Fsp3) is 0.192. The SMILES string of the molecule is Cc1c(Nc2nc(C(=O)O)c(CCCOc3ccccc3F)s2)nnc(Nc2nc3ccccc3s2)c1C. The molecule has 0 aliphatic heterocycles. The highest BCUT2D eigenvalue weighted by Gasteiger charge is 2.19. The summed E-state index contributed by atoms with van der Waals surface area (Å²) in [7, 11) is 0. The largest absolute Gasteiger partial charge is 0.491 e. The van der Waals surface area contributed by atoms with Crippen LogP contribution in [0.4, 0.5) is 26.3 Å². The fourth-order valence-corrected chi connectivity index (χ4v) is 5.55. The molecule has 0 bridgehead atoms. The first-order chi connectivity index (χ1) is 18.4. The Morgan fingerprint density at radius 1 is 0.947 bits per heavy atom. The Morgan fingerprint density at radius 2 is 1.61 bits per heavy atom. The van der Waals surface area contributed by atoms with E-state index in [2.05, 4.69) is 30.8 Å². The molecule has 3 N–H and O–H groups in total. The molecular formula is C26H23FN6O3S2. The molecule has 3 heterocycles. The number of carboxylic acids is 1. The first kappa shape index (κ1) is 25.5. The van der Waals surface area contributed by atoms with Crippen LogP contribution in [0.2, 0.25) is 0 Å². The van der Waals surface area contributed by atoms with E-state index in [9.17, 15) is 14.3 Å². The van der Waals surface area contributed by atoms with Gasteiger partial charge >= 0.3 is 5.97 Å². The summed E-state index contributed by atoms with van der Waals surface area (Å²) >= 11 is 2.76. The lowest BCUT2D eigenvalue weighted by Gasteiger charge is -2.11. The number of halogens is 1. The first-order valence-corrected chi connectivity index (χ1v) is 13.4. The lowest BCUT2D eigenvalue weighted by Crippen LogP contribution is -2.06. The number of hydrogen-bond acceptors (Lipinski definition) is 10. The number of carbonyl (C=O) groups is 1. The molecule has 12 heteroatoms. The second kappa shape index (κ2) is 11.1. The maximum Gasteiger partial charge on any atom is 0.355 e. The van der Waals surface area contributed by atoms with Gasteiger partial charge in [0.2, 0.25) is 0 Å². The standard InChI is InChI=1S/C26H23FN6O3S2/c1-14-15(2)23(33-32-22(14)30-25-28-17-9-4-6-11-19(17)37-25)31-26-29-21(24(34)35)20(38-26)12-7-13-36-18-10-5-3-8-16(18)27/h3-6,8-11H,7,12-13H2,1-2H3,(H,34,35)(H,28,30,32)(H,29,31,33). The molecule has 5 aromatic rings. The average Bonchev–Trinajstić information content (AvgIpc) is 3.51. The van der Waals surface area contributed by atoms with Gasteiger partial charge in [-0.3, -0.25) is 0 Å². The summed E-state index contributed by atoms with van der Waals surface area (Å²) in [6.07, 6.45) is 0.921. The zero-order chi connectivity index (χ0) is 26.6. The number of ether oxygens (including phenoxy) is 1. The van der Waals surface area contributed by atoms with Crippen molar-refractivity contribution in [1.29, 1.82) is 0 Å². The number of fused-ring (bicyclic) bond motifs is 1. The van der Waals surface area contributed by atoms with E-state index in [1.807, 2.05) is 38.1 Å². The molecule has 0 aliphatic carbocycles. The quantitative estimate of drug-likeness (QED) is 0.167. The van der Waals surface area contributed by atoms with E-state index >= 15 is 0 Å². The van der Waals surface area contributed by atoms with Crippen LogP contribution in [0, 0.1) is 19.7 Å². The second-order valence-electron chi connectivity index (χ2n) is 8.36. The molecule has 3 aromatic heterocycles. The summed E-state index contributed by atoms with van der Waals surface area (Å²) in [5.74, 6) is -0.307. The van der Waals surface area contributed by atoms with Crippen LogP contribution >= 0.6 is 22.7 Å². The maximum absolute atomic E-state index is 13.7. The number of carboxylic acid groups (broad SMARTS) is 1. The molecule has 38 heavy (non-hydrogen) atoms. The minimum Gasteiger partial charge on any atom is -0.491 e. The molecule has 0 radical (unpaired) electrons. The van der Waals surface area contributed by atoms with E-state index in [1.54, 1.807) is 18.2 Å². The van der Waals surface area contributed by atoms with E-state index in [-0.39, 0.29) is 18.1 Å². The molecule has 0 saturated carbocycles. The van der Waals surface area contributed by atoms with Gasteiger partial charge in [-0.15, -0.1) is 21.5 Å². The van der Waals surface area contributed by atoms with Crippen molar-refractivity contribution >= 4 is 60.8 Å². The van der Waals surface area contributed by atoms with Gasteiger partial charge in [-0.2, -0.15) is 0 Å². The molecule has 194 valence electrons. The highest BCUT2D eigenvalue weighted by Crippen LogP contribution is 2.32. The van der Waals surface area contributed by atoms with Gasteiger partial charge in [-0.1, -0.05) is 35.6 Å². The van der Waals surface area contributed by atoms with E-state index in [1.165, 1.54) is 28.7 Å². The van der Waals surface area contributed by atoms with Crippen molar-refractivity contribution in [3.8, 4) is 5.75 Å². The number of hydrogen-bond donors (Lipinski definition) is 3. The van der Waals surface area contributed by atoms with Crippen LogP contribution in [0.25, 0.3) is 10.2 Å². The number of thiazole rings is 2. The highest BCUT2D eigenvalue weighted by atomic mass is 32.1. The van der Waals surface area contributed by atoms with Crippen molar-refractivity contribution in [2.24, 2.45) is 0 Å². The van der Waals surface area contributed by atoms with Gasteiger partial charge in [0, 0.05) is 16.0 Å². The molecule has 0 spiro atoms. The Morgan fingerprint density at radius 3 is 2.29 bits per heavy atom. The number of rotatable bonds is 10. The molecule has 0 atom stereocenters. The fourth-order valence-electron chi connectivity index (χ4n) is 3.69. The number of para-hydroxylation sites is 2. The van der Waals surface area contributed by atoms with Crippen LogP contribution in [-0.4, -0.2) is 37.8 Å². The predicted octanol–water partition coefficient (Wildman–Crippen LogP) is 6.50. The number of benzene rings is 2. The lowest BCUT2D eigenvalue weighted by atomic mass is 10.2. The van der Waals surface area contributed by atoms with Crippen LogP contribution in [0.3, 0.4) is 0 Å².